The minimum absolute atomic E-state index is 0.195. The first-order valence-corrected chi connectivity index (χ1v) is 5.97. The number of amides is 1. The van der Waals surface area contributed by atoms with Crippen LogP contribution in [0.1, 0.15) is 32.1 Å². The van der Waals surface area contributed by atoms with Crippen LogP contribution in [0.4, 0.5) is 0 Å². The first-order valence-electron chi connectivity index (χ1n) is 5.97. The molecule has 2 N–H and O–H groups in total. The number of nitrogens with zero attached hydrogens (tertiary/aromatic N) is 1. The van der Waals surface area contributed by atoms with Crippen molar-refractivity contribution in [3.8, 4) is 0 Å². The van der Waals surface area contributed by atoms with E-state index in [1.807, 2.05) is 4.90 Å². The van der Waals surface area contributed by atoms with Gasteiger partial charge in [-0.3, -0.25) is 4.79 Å². The Morgan fingerprint density at radius 3 is 2.87 bits per heavy atom. The predicted molar refractivity (Wildman–Crippen MR) is 60.3 cm³/mol. The van der Waals surface area contributed by atoms with Gasteiger partial charge in [0.1, 0.15) is 0 Å². The van der Waals surface area contributed by atoms with Crippen molar-refractivity contribution < 1.29 is 4.79 Å². The van der Waals surface area contributed by atoms with Crippen LogP contribution in [-0.4, -0.2) is 29.9 Å². The molecular weight excluding hydrogens is 188 g/mol. The van der Waals surface area contributed by atoms with Gasteiger partial charge in [-0.25, -0.2) is 0 Å². The molecule has 0 aromatic rings. The lowest BCUT2D eigenvalue weighted by Gasteiger charge is -2.31. The molecule has 2 aliphatic rings. The Hall–Kier alpha value is -0.830. The topological polar surface area (TPSA) is 46.3 Å². The van der Waals surface area contributed by atoms with Gasteiger partial charge >= 0.3 is 0 Å². The number of rotatable bonds is 1. The van der Waals surface area contributed by atoms with E-state index in [0.29, 0.717) is 5.91 Å². The average molecular weight is 208 g/mol. The van der Waals surface area contributed by atoms with Gasteiger partial charge in [-0.2, -0.15) is 0 Å². The van der Waals surface area contributed by atoms with Crippen LogP contribution in [0.3, 0.4) is 0 Å². The van der Waals surface area contributed by atoms with Crippen LogP contribution in [-0.2, 0) is 4.79 Å². The molecule has 0 saturated heterocycles. The lowest BCUT2D eigenvalue weighted by molar-refractivity contribution is -0.136. The molecule has 0 aromatic heterocycles. The minimum Gasteiger partial charge on any atom is -0.338 e. The monoisotopic (exact) mass is 208 g/mol. The van der Waals surface area contributed by atoms with Gasteiger partial charge < -0.3 is 10.6 Å². The number of hydrogen-bond donors (Lipinski definition) is 1. The second-order valence-corrected chi connectivity index (χ2v) is 4.67. The van der Waals surface area contributed by atoms with Crippen molar-refractivity contribution >= 4 is 5.91 Å². The molecule has 0 aromatic carbocycles. The fourth-order valence-electron chi connectivity index (χ4n) is 2.55. The highest BCUT2D eigenvalue weighted by Gasteiger charge is 2.28. The maximum atomic E-state index is 12.1. The third kappa shape index (κ3) is 2.59. The summed E-state index contributed by atoms with van der Waals surface area (Å²) in [6.45, 7) is 1.69. The molecule has 0 spiro atoms. The highest BCUT2D eigenvalue weighted by atomic mass is 16.2. The molecule has 3 heteroatoms. The molecule has 1 saturated carbocycles. The number of hydrogen-bond acceptors (Lipinski definition) is 2. The Morgan fingerprint density at radius 1 is 1.33 bits per heavy atom. The maximum absolute atomic E-state index is 12.1. The van der Waals surface area contributed by atoms with E-state index in [1.165, 1.54) is 0 Å². The molecule has 3 nitrogen and oxygen atoms in total. The van der Waals surface area contributed by atoms with Crippen molar-refractivity contribution in [3.63, 3.8) is 0 Å². The van der Waals surface area contributed by atoms with Crippen molar-refractivity contribution in [2.45, 2.75) is 38.1 Å². The lowest BCUT2D eigenvalue weighted by atomic mass is 9.85. The van der Waals surface area contributed by atoms with Crippen LogP contribution < -0.4 is 5.73 Å². The summed E-state index contributed by atoms with van der Waals surface area (Å²) < 4.78 is 0. The summed E-state index contributed by atoms with van der Waals surface area (Å²) in [4.78, 5) is 14.1. The normalized spacial score (nSPS) is 31.7. The van der Waals surface area contributed by atoms with Gasteiger partial charge in [-0.05, 0) is 25.7 Å². The van der Waals surface area contributed by atoms with Gasteiger partial charge in [0.05, 0.1) is 0 Å². The molecular formula is C12H20N2O. The molecule has 2 rings (SSSR count). The number of carbonyl (C=O) groups is 1. The van der Waals surface area contributed by atoms with Crippen molar-refractivity contribution in [3.05, 3.63) is 12.2 Å². The smallest absolute Gasteiger partial charge is 0.226 e. The van der Waals surface area contributed by atoms with Crippen molar-refractivity contribution in [2.75, 3.05) is 13.1 Å². The van der Waals surface area contributed by atoms with Gasteiger partial charge in [0, 0.05) is 25.0 Å². The van der Waals surface area contributed by atoms with Gasteiger partial charge in [0.15, 0.2) is 0 Å². The summed E-state index contributed by atoms with van der Waals surface area (Å²) >= 11 is 0. The molecule has 1 aliphatic carbocycles. The molecule has 1 aliphatic heterocycles. The van der Waals surface area contributed by atoms with Crippen LogP contribution in [0.5, 0.6) is 0 Å². The lowest BCUT2D eigenvalue weighted by Crippen LogP contribution is -2.42. The first-order chi connectivity index (χ1) is 7.27. The van der Waals surface area contributed by atoms with Crippen molar-refractivity contribution in [1.82, 2.24) is 4.90 Å². The Kier molecular flexibility index (Phi) is 3.41. The van der Waals surface area contributed by atoms with Crippen LogP contribution in [0, 0.1) is 5.92 Å². The first kappa shape index (κ1) is 10.7. The summed E-state index contributed by atoms with van der Waals surface area (Å²) in [7, 11) is 0. The summed E-state index contributed by atoms with van der Waals surface area (Å²) in [5.41, 5.74) is 5.91. The third-order valence-electron chi connectivity index (χ3n) is 3.43. The van der Waals surface area contributed by atoms with E-state index < -0.39 is 0 Å². The van der Waals surface area contributed by atoms with Gasteiger partial charge in [0.2, 0.25) is 5.91 Å². The quantitative estimate of drug-likeness (QED) is 0.660. The largest absolute Gasteiger partial charge is 0.338 e. The second kappa shape index (κ2) is 4.79. The zero-order valence-corrected chi connectivity index (χ0v) is 9.19. The molecule has 0 bridgehead atoms. The zero-order valence-electron chi connectivity index (χ0n) is 9.19. The second-order valence-electron chi connectivity index (χ2n) is 4.67. The SMILES string of the molecule is NC1CCCC(C(=O)N2CC=CCC2)C1. The predicted octanol–water partition coefficient (Wildman–Crippen LogP) is 1.29. The molecule has 2 atom stereocenters. The Balaban J connectivity index is 1.91. The summed E-state index contributed by atoms with van der Waals surface area (Å²) in [5.74, 6) is 0.523. The minimum atomic E-state index is 0.195. The van der Waals surface area contributed by atoms with Gasteiger partial charge in [-0.1, -0.05) is 18.6 Å². The summed E-state index contributed by atoms with van der Waals surface area (Å²) in [6, 6.07) is 0.244. The van der Waals surface area contributed by atoms with E-state index >= 15 is 0 Å². The van der Waals surface area contributed by atoms with E-state index in [1.54, 1.807) is 0 Å². The van der Waals surface area contributed by atoms with Crippen LogP contribution in [0.25, 0.3) is 0 Å². The van der Waals surface area contributed by atoms with Crippen LogP contribution in [0.15, 0.2) is 12.2 Å². The van der Waals surface area contributed by atoms with Crippen LogP contribution in [0.2, 0.25) is 0 Å². The zero-order chi connectivity index (χ0) is 10.7. The van der Waals surface area contributed by atoms with E-state index in [-0.39, 0.29) is 12.0 Å². The molecule has 1 amide bonds. The molecule has 2 unspecified atom stereocenters. The molecule has 1 heterocycles. The molecule has 0 radical (unpaired) electrons. The molecule has 15 heavy (non-hydrogen) atoms. The standard InChI is InChI=1S/C12H20N2O/c13-11-6-4-5-10(9-11)12(15)14-7-2-1-3-8-14/h1-2,10-11H,3-9,13H2. The van der Waals surface area contributed by atoms with Gasteiger partial charge in [-0.15, -0.1) is 0 Å². The fraction of sp³-hybridized carbons (Fsp3) is 0.750. The summed E-state index contributed by atoms with van der Waals surface area (Å²) in [5, 5.41) is 0. The third-order valence-corrected chi connectivity index (χ3v) is 3.43. The molecule has 84 valence electrons. The van der Waals surface area contributed by atoms with Crippen molar-refractivity contribution in [1.29, 1.82) is 0 Å². The number of carbonyl (C=O) groups excluding carboxylic acids is 1. The van der Waals surface area contributed by atoms with E-state index in [4.69, 9.17) is 5.73 Å². The van der Waals surface area contributed by atoms with Crippen LogP contribution >= 0.6 is 0 Å². The van der Waals surface area contributed by atoms with E-state index in [2.05, 4.69) is 12.2 Å². The highest BCUT2D eigenvalue weighted by molar-refractivity contribution is 5.79. The maximum Gasteiger partial charge on any atom is 0.226 e. The summed E-state index contributed by atoms with van der Waals surface area (Å²) in [6.07, 6.45) is 9.36. The Labute approximate surface area is 91.3 Å². The highest BCUT2D eigenvalue weighted by Crippen LogP contribution is 2.25. The fourth-order valence-corrected chi connectivity index (χ4v) is 2.55. The molecule has 1 fully saturated rings. The number of nitrogens with two attached hydrogens (primary N) is 1. The van der Waals surface area contributed by atoms with Gasteiger partial charge in [0.25, 0.3) is 0 Å². The average Bonchev–Trinajstić information content (AvgIpc) is 2.29. The Bertz CT molecular complexity index is 262. The van der Waals surface area contributed by atoms with E-state index in [0.717, 1.165) is 45.2 Å². The van der Waals surface area contributed by atoms with E-state index in [9.17, 15) is 4.79 Å². The Morgan fingerprint density at radius 2 is 2.20 bits per heavy atom. The van der Waals surface area contributed by atoms with Crippen molar-refractivity contribution in [2.24, 2.45) is 11.7 Å².